The van der Waals surface area contributed by atoms with E-state index in [0.717, 1.165) is 62.1 Å². The number of nitrogens with one attached hydrogen (secondary N) is 1. The second-order valence-electron chi connectivity index (χ2n) is 9.64. The molecular weight excluding hydrogens is 421 g/mol. The fraction of sp³-hybridized carbons (Fsp3) is 0.480. The minimum atomic E-state index is -0.226. The van der Waals surface area contributed by atoms with E-state index in [1.165, 1.54) is 12.1 Å². The van der Waals surface area contributed by atoms with E-state index in [1.54, 1.807) is 4.52 Å². The smallest absolute Gasteiger partial charge is 0.277 e. The van der Waals surface area contributed by atoms with Gasteiger partial charge in [0.2, 0.25) is 5.91 Å². The number of aromatic amines is 1. The second-order valence-corrected chi connectivity index (χ2v) is 9.64. The Kier molecular flexibility index (Phi) is 5.05. The summed E-state index contributed by atoms with van der Waals surface area (Å²) >= 11 is 0. The fourth-order valence-electron chi connectivity index (χ4n) is 5.30. The van der Waals surface area contributed by atoms with Gasteiger partial charge >= 0.3 is 0 Å². The van der Waals surface area contributed by atoms with E-state index < -0.39 is 0 Å². The van der Waals surface area contributed by atoms with Crippen molar-refractivity contribution in [3.8, 4) is 0 Å². The van der Waals surface area contributed by atoms with Crippen LogP contribution in [0.1, 0.15) is 60.7 Å². The van der Waals surface area contributed by atoms with Crippen molar-refractivity contribution in [1.29, 1.82) is 0 Å². The van der Waals surface area contributed by atoms with E-state index in [2.05, 4.69) is 10.00 Å². The summed E-state index contributed by atoms with van der Waals surface area (Å²) in [5.74, 6) is 0.105. The molecule has 1 aromatic carbocycles. The lowest BCUT2D eigenvalue weighted by molar-refractivity contribution is -0.133. The minimum absolute atomic E-state index is 0.101. The highest BCUT2D eigenvalue weighted by atomic mass is 19.1. The lowest BCUT2D eigenvalue weighted by Gasteiger charge is -2.35. The summed E-state index contributed by atoms with van der Waals surface area (Å²) in [4.78, 5) is 34.9. The number of fused-ring (bicyclic) bond motifs is 2. The zero-order valence-electron chi connectivity index (χ0n) is 18.6. The summed E-state index contributed by atoms with van der Waals surface area (Å²) in [6.07, 6.45) is 5.79. The standard InChI is InChI=1S/C25H28FN5O2/c26-18-8-4-16(5-9-18)14-29-11-2-1-3-22(29)21-13-23-27-20-10-12-30(24(32)17-6-7-17)15-19(20)25(33)31(23)28-21/h4-5,8-9,13,17,22,28H,1-3,6-7,10-12,14-15H2/t22-/m0/s1. The number of H-pyrrole nitrogens is 1. The van der Waals surface area contributed by atoms with Crippen LogP contribution in [0.25, 0.3) is 5.65 Å². The maximum Gasteiger partial charge on any atom is 0.277 e. The van der Waals surface area contributed by atoms with Crippen LogP contribution in [0.4, 0.5) is 4.39 Å². The number of amides is 1. The molecule has 0 unspecified atom stereocenters. The zero-order chi connectivity index (χ0) is 22.5. The maximum absolute atomic E-state index is 13.3. The van der Waals surface area contributed by atoms with Crippen molar-refractivity contribution in [3.05, 3.63) is 69.0 Å². The van der Waals surface area contributed by atoms with E-state index in [1.807, 2.05) is 23.1 Å². The highest BCUT2D eigenvalue weighted by Crippen LogP contribution is 2.33. The maximum atomic E-state index is 13.3. The van der Waals surface area contributed by atoms with E-state index in [9.17, 15) is 14.0 Å². The Morgan fingerprint density at radius 3 is 2.73 bits per heavy atom. The first-order valence-electron chi connectivity index (χ1n) is 12.0. The van der Waals surface area contributed by atoms with E-state index in [4.69, 9.17) is 4.98 Å². The summed E-state index contributed by atoms with van der Waals surface area (Å²) < 4.78 is 14.9. The van der Waals surface area contributed by atoms with Crippen molar-refractivity contribution in [1.82, 2.24) is 24.4 Å². The van der Waals surface area contributed by atoms with Gasteiger partial charge in [0.1, 0.15) is 5.82 Å². The normalized spacial score (nSPS) is 21.4. The lowest BCUT2D eigenvalue weighted by Crippen LogP contribution is -2.41. The van der Waals surface area contributed by atoms with Gasteiger partial charge in [-0.15, -0.1) is 0 Å². The minimum Gasteiger partial charge on any atom is -0.337 e. The Bertz CT molecular complexity index is 1260. The molecule has 172 valence electrons. The number of hydrogen-bond acceptors (Lipinski definition) is 4. The Hall–Kier alpha value is -3.00. The van der Waals surface area contributed by atoms with Crippen LogP contribution in [-0.4, -0.2) is 43.4 Å². The molecule has 2 aromatic heterocycles. The highest BCUT2D eigenvalue weighted by Gasteiger charge is 2.36. The number of nitrogens with zero attached hydrogens (tertiary/aromatic N) is 4. The van der Waals surface area contributed by atoms with Crippen LogP contribution in [0.3, 0.4) is 0 Å². The van der Waals surface area contributed by atoms with Crippen molar-refractivity contribution in [2.24, 2.45) is 5.92 Å². The van der Waals surface area contributed by atoms with Crippen molar-refractivity contribution in [3.63, 3.8) is 0 Å². The molecule has 2 fully saturated rings. The van der Waals surface area contributed by atoms with Crippen molar-refractivity contribution >= 4 is 11.6 Å². The van der Waals surface area contributed by atoms with Crippen LogP contribution >= 0.6 is 0 Å². The first kappa shape index (κ1) is 20.6. The molecule has 1 atom stereocenters. The van der Waals surface area contributed by atoms with Gasteiger partial charge < -0.3 is 4.90 Å². The van der Waals surface area contributed by atoms with Crippen LogP contribution in [0.15, 0.2) is 35.1 Å². The van der Waals surface area contributed by atoms with Gasteiger partial charge in [-0.2, -0.15) is 0 Å². The van der Waals surface area contributed by atoms with Gasteiger partial charge in [0.25, 0.3) is 5.56 Å². The molecule has 8 heteroatoms. The predicted molar refractivity (Wildman–Crippen MR) is 121 cm³/mol. The average molecular weight is 450 g/mol. The monoisotopic (exact) mass is 449 g/mol. The van der Waals surface area contributed by atoms with Crippen LogP contribution < -0.4 is 5.56 Å². The zero-order valence-corrected chi connectivity index (χ0v) is 18.6. The highest BCUT2D eigenvalue weighted by molar-refractivity contribution is 5.81. The molecule has 3 aromatic rings. The number of benzene rings is 1. The van der Waals surface area contributed by atoms with Crippen LogP contribution in [0.2, 0.25) is 0 Å². The number of hydrogen-bond donors (Lipinski definition) is 1. The number of piperidine rings is 1. The first-order chi connectivity index (χ1) is 16.1. The largest absolute Gasteiger partial charge is 0.337 e. The molecule has 0 radical (unpaired) electrons. The number of halogens is 1. The molecule has 1 saturated carbocycles. The number of carbonyl (C=O) groups is 1. The Balaban J connectivity index is 1.30. The third-order valence-electron chi connectivity index (χ3n) is 7.29. The first-order valence-corrected chi connectivity index (χ1v) is 12.0. The molecule has 1 N–H and O–H groups in total. The Morgan fingerprint density at radius 1 is 1.12 bits per heavy atom. The molecule has 1 saturated heterocycles. The van der Waals surface area contributed by atoms with Crippen LogP contribution in [0.5, 0.6) is 0 Å². The summed E-state index contributed by atoms with van der Waals surface area (Å²) in [7, 11) is 0. The van der Waals surface area contributed by atoms with Crippen molar-refractivity contribution in [2.75, 3.05) is 13.1 Å². The number of carbonyl (C=O) groups excluding carboxylic acids is 1. The SMILES string of the molecule is O=C(C1CC1)N1CCc2nc3cc([C@@H]4CCCCN4Cc4ccc(F)cc4)[nH]n3c(=O)c2C1. The third kappa shape index (κ3) is 3.86. The predicted octanol–water partition coefficient (Wildman–Crippen LogP) is 3.18. The molecule has 4 heterocycles. The molecule has 0 bridgehead atoms. The molecule has 6 rings (SSSR count). The quantitative estimate of drug-likeness (QED) is 0.664. The topological polar surface area (TPSA) is 73.7 Å². The van der Waals surface area contributed by atoms with Crippen LogP contribution in [0, 0.1) is 11.7 Å². The molecule has 7 nitrogen and oxygen atoms in total. The number of aromatic nitrogens is 3. The van der Waals surface area contributed by atoms with Crippen molar-refractivity contribution < 1.29 is 9.18 Å². The van der Waals surface area contributed by atoms with Gasteiger partial charge in [0.05, 0.1) is 29.5 Å². The van der Waals surface area contributed by atoms with Gasteiger partial charge in [0.15, 0.2) is 5.65 Å². The van der Waals surface area contributed by atoms with Gasteiger partial charge in [-0.1, -0.05) is 18.6 Å². The van der Waals surface area contributed by atoms with Gasteiger partial charge in [-0.05, 0) is 49.9 Å². The molecule has 1 amide bonds. The summed E-state index contributed by atoms with van der Waals surface area (Å²) in [6.45, 7) is 2.68. The molecule has 2 aliphatic heterocycles. The molecular formula is C25H28FN5O2. The number of likely N-dealkylation sites (tertiary alicyclic amines) is 1. The number of rotatable bonds is 4. The van der Waals surface area contributed by atoms with E-state index in [0.29, 0.717) is 30.7 Å². The van der Waals surface area contributed by atoms with E-state index >= 15 is 0 Å². The van der Waals surface area contributed by atoms with Gasteiger partial charge in [-0.3, -0.25) is 19.6 Å². The van der Waals surface area contributed by atoms with Crippen molar-refractivity contribution in [2.45, 2.75) is 57.7 Å². The lowest BCUT2D eigenvalue weighted by atomic mass is 9.98. The molecule has 0 spiro atoms. The molecule has 1 aliphatic carbocycles. The molecule has 3 aliphatic rings. The van der Waals surface area contributed by atoms with E-state index in [-0.39, 0.29) is 29.2 Å². The van der Waals surface area contributed by atoms with Gasteiger partial charge in [-0.25, -0.2) is 13.9 Å². The average Bonchev–Trinajstić information content (AvgIpc) is 3.60. The summed E-state index contributed by atoms with van der Waals surface area (Å²) in [6, 6.07) is 8.82. The second kappa shape index (κ2) is 8.09. The Morgan fingerprint density at radius 2 is 1.94 bits per heavy atom. The van der Waals surface area contributed by atoms with Crippen LogP contribution in [-0.2, 0) is 24.3 Å². The Labute approximate surface area is 191 Å². The third-order valence-corrected chi connectivity index (χ3v) is 7.29. The summed E-state index contributed by atoms with van der Waals surface area (Å²) in [5.41, 5.74) is 4.05. The fourth-order valence-corrected chi connectivity index (χ4v) is 5.30. The van der Waals surface area contributed by atoms with Gasteiger partial charge in [0, 0.05) is 31.5 Å². The summed E-state index contributed by atoms with van der Waals surface area (Å²) in [5, 5.41) is 3.32. The molecule has 33 heavy (non-hydrogen) atoms.